The van der Waals surface area contributed by atoms with Crippen LogP contribution < -0.4 is 5.32 Å². The van der Waals surface area contributed by atoms with Gasteiger partial charge in [0, 0.05) is 36.0 Å². The quantitative estimate of drug-likeness (QED) is 0.680. The summed E-state index contributed by atoms with van der Waals surface area (Å²) >= 11 is 5.87. The van der Waals surface area contributed by atoms with Gasteiger partial charge in [0.05, 0.1) is 5.38 Å². The van der Waals surface area contributed by atoms with Crippen molar-refractivity contribution in [2.45, 2.75) is 51.6 Å². The van der Waals surface area contributed by atoms with Gasteiger partial charge in [-0.05, 0) is 33.3 Å². The van der Waals surface area contributed by atoms with E-state index in [1.54, 1.807) is 6.92 Å². The molecule has 1 aromatic rings. The Hall–Kier alpha value is -1.29. The van der Waals surface area contributed by atoms with Gasteiger partial charge in [-0.2, -0.15) is 0 Å². The Balaban J connectivity index is 2.22. The molecule has 4 nitrogen and oxygen atoms in total. The molecule has 1 saturated heterocycles. The Morgan fingerprint density at radius 1 is 1.58 bits per heavy atom. The summed E-state index contributed by atoms with van der Waals surface area (Å²) in [6.07, 6.45) is 1.44. The first kappa shape index (κ1) is 14.1. The molecule has 1 fully saturated rings. The number of halogens is 1. The highest BCUT2D eigenvalue weighted by atomic mass is 35.5. The van der Waals surface area contributed by atoms with Crippen LogP contribution in [0.3, 0.4) is 0 Å². The van der Waals surface area contributed by atoms with Crippen LogP contribution in [0.1, 0.15) is 41.5 Å². The van der Waals surface area contributed by atoms with Gasteiger partial charge in [-0.3, -0.25) is 9.59 Å². The lowest BCUT2D eigenvalue weighted by Crippen LogP contribution is -2.30. The van der Waals surface area contributed by atoms with Gasteiger partial charge < -0.3 is 9.88 Å². The van der Waals surface area contributed by atoms with E-state index in [4.69, 9.17) is 11.6 Å². The number of amides is 1. The van der Waals surface area contributed by atoms with Crippen molar-refractivity contribution in [1.82, 2.24) is 9.88 Å². The van der Waals surface area contributed by atoms with Gasteiger partial charge in [-0.15, -0.1) is 11.6 Å². The summed E-state index contributed by atoms with van der Waals surface area (Å²) in [6, 6.07) is 2.04. The van der Waals surface area contributed by atoms with Gasteiger partial charge in [-0.1, -0.05) is 0 Å². The highest BCUT2D eigenvalue weighted by molar-refractivity contribution is 6.33. The molecule has 0 bridgehead atoms. The molecule has 2 atom stereocenters. The highest BCUT2D eigenvalue weighted by Crippen LogP contribution is 2.20. The lowest BCUT2D eigenvalue weighted by atomic mass is 10.1. The molecule has 2 heterocycles. The van der Waals surface area contributed by atoms with E-state index >= 15 is 0 Å². The van der Waals surface area contributed by atoms with Gasteiger partial charge in [0.2, 0.25) is 5.91 Å². The van der Waals surface area contributed by atoms with E-state index < -0.39 is 5.38 Å². The number of rotatable bonds is 4. The van der Waals surface area contributed by atoms with E-state index in [9.17, 15) is 9.59 Å². The molecule has 0 aliphatic carbocycles. The normalized spacial score (nSPS) is 20.4. The fraction of sp³-hybridized carbons (Fsp3) is 0.571. The first-order valence-electron chi connectivity index (χ1n) is 6.54. The predicted molar refractivity (Wildman–Crippen MR) is 74.7 cm³/mol. The Kier molecular flexibility index (Phi) is 3.99. The molecule has 0 spiro atoms. The summed E-state index contributed by atoms with van der Waals surface area (Å²) in [7, 11) is 0. The molecule has 1 aliphatic rings. The van der Waals surface area contributed by atoms with Crippen molar-refractivity contribution >= 4 is 23.3 Å². The summed E-state index contributed by atoms with van der Waals surface area (Å²) in [5.41, 5.74) is 2.64. The Morgan fingerprint density at radius 3 is 2.79 bits per heavy atom. The Morgan fingerprint density at radius 2 is 2.26 bits per heavy atom. The van der Waals surface area contributed by atoms with Gasteiger partial charge in [0.25, 0.3) is 0 Å². The third-order valence-corrected chi connectivity index (χ3v) is 3.89. The maximum Gasteiger partial charge on any atom is 0.220 e. The van der Waals surface area contributed by atoms with Crippen molar-refractivity contribution in [2.24, 2.45) is 0 Å². The molecule has 19 heavy (non-hydrogen) atoms. The number of nitrogens with zero attached hydrogens (tertiary/aromatic N) is 1. The number of Topliss-reactive ketones (excluding diaryl/α,β-unsaturated/α-hetero) is 1. The summed E-state index contributed by atoms with van der Waals surface area (Å²) < 4.78 is 2.09. The maximum atomic E-state index is 12.0. The largest absolute Gasteiger partial charge is 0.352 e. The number of aromatic nitrogens is 1. The average Bonchev–Trinajstić information content (AvgIpc) is 2.87. The van der Waals surface area contributed by atoms with E-state index in [0.717, 1.165) is 17.8 Å². The number of aryl methyl sites for hydroxylation is 1. The molecular weight excluding hydrogens is 264 g/mol. The van der Waals surface area contributed by atoms with Crippen LogP contribution in [0.2, 0.25) is 0 Å². The van der Waals surface area contributed by atoms with E-state index in [2.05, 4.69) is 9.88 Å². The van der Waals surface area contributed by atoms with Crippen molar-refractivity contribution in [1.29, 1.82) is 0 Å². The van der Waals surface area contributed by atoms with Crippen LogP contribution >= 0.6 is 11.6 Å². The van der Waals surface area contributed by atoms with E-state index in [-0.39, 0.29) is 17.7 Å². The van der Waals surface area contributed by atoms with Crippen molar-refractivity contribution in [3.8, 4) is 0 Å². The van der Waals surface area contributed by atoms with Gasteiger partial charge in [0.1, 0.15) is 0 Å². The number of nitrogens with one attached hydrogen (secondary N) is 1. The van der Waals surface area contributed by atoms with Crippen LogP contribution in [0.5, 0.6) is 0 Å². The van der Waals surface area contributed by atoms with Crippen LogP contribution in [-0.2, 0) is 11.3 Å². The molecule has 1 amide bonds. The summed E-state index contributed by atoms with van der Waals surface area (Å²) in [6.45, 7) is 6.30. The third kappa shape index (κ3) is 2.84. The molecule has 5 heteroatoms. The summed E-state index contributed by atoms with van der Waals surface area (Å²) in [4.78, 5) is 23.2. The molecule has 1 aromatic heterocycles. The van der Waals surface area contributed by atoms with Crippen LogP contribution in [0.4, 0.5) is 0 Å². The van der Waals surface area contributed by atoms with E-state index in [1.165, 1.54) is 0 Å². The fourth-order valence-electron chi connectivity index (χ4n) is 2.58. The molecule has 1 aliphatic heterocycles. The Labute approximate surface area is 118 Å². The zero-order chi connectivity index (χ0) is 14.2. The molecular formula is C14H19ClN2O2. The van der Waals surface area contributed by atoms with Crippen molar-refractivity contribution in [3.05, 3.63) is 23.0 Å². The maximum absolute atomic E-state index is 12.0. The number of hydrogen-bond donors (Lipinski definition) is 1. The van der Waals surface area contributed by atoms with Crippen molar-refractivity contribution < 1.29 is 9.59 Å². The first-order valence-corrected chi connectivity index (χ1v) is 6.98. The average molecular weight is 283 g/mol. The summed E-state index contributed by atoms with van der Waals surface area (Å²) in [5, 5.41) is 2.43. The number of carbonyl (C=O) groups is 2. The standard InChI is InChI=1S/C14H19ClN2O2/c1-8-6-12(14(19)9(2)15)10(3)17(8)7-11-4-5-13(18)16-11/h6,9,11H,4-5,7H2,1-3H3,(H,16,18). The van der Waals surface area contributed by atoms with E-state index in [1.807, 2.05) is 19.9 Å². The number of ketones is 1. The monoisotopic (exact) mass is 282 g/mol. The molecule has 0 aromatic carbocycles. The van der Waals surface area contributed by atoms with Crippen LogP contribution in [-0.4, -0.2) is 27.7 Å². The minimum atomic E-state index is -0.514. The lowest BCUT2D eigenvalue weighted by Gasteiger charge is -2.15. The lowest BCUT2D eigenvalue weighted by molar-refractivity contribution is -0.119. The molecule has 0 saturated carbocycles. The third-order valence-electron chi connectivity index (χ3n) is 3.69. The molecule has 2 rings (SSSR count). The van der Waals surface area contributed by atoms with Crippen LogP contribution in [0, 0.1) is 13.8 Å². The predicted octanol–water partition coefficient (Wildman–Crippen LogP) is 2.19. The second-order valence-electron chi connectivity index (χ2n) is 5.18. The second-order valence-corrected chi connectivity index (χ2v) is 5.83. The van der Waals surface area contributed by atoms with Gasteiger partial charge in [0.15, 0.2) is 5.78 Å². The van der Waals surface area contributed by atoms with E-state index in [0.29, 0.717) is 18.5 Å². The number of alkyl halides is 1. The minimum Gasteiger partial charge on any atom is -0.352 e. The fourth-order valence-corrected chi connectivity index (χ4v) is 2.70. The van der Waals surface area contributed by atoms with Crippen LogP contribution in [0.15, 0.2) is 6.07 Å². The van der Waals surface area contributed by atoms with Crippen molar-refractivity contribution in [3.63, 3.8) is 0 Å². The Bertz CT molecular complexity index is 520. The van der Waals surface area contributed by atoms with Crippen LogP contribution in [0.25, 0.3) is 0 Å². The zero-order valence-electron chi connectivity index (χ0n) is 11.5. The topological polar surface area (TPSA) is 51.1 Å². The molecule has 2 unspecified atom stereocenters. The molecule has 104 valence electrons. The first-order chi connectivity index (χ1) is 8.90. The minimum absolute atomic E-state index is 0.0449. The highest BCUT2D eigenvalue weighted by Gasteiger charge is 2.24. The van der Waals surface area contributed by atoms with Crippen molar-refractivity contribution in [2.75, 3.05) is 0 Å². The van der Waals surface area contributed by atoms with Gasteiger partial charge >= 0.3 is 0 Å². The van der Waals surface area contributed by atoms with Gasteiger partial charge in [-0.25, -0.2) is 0 Å². The molecule has 0 radical (unpaired) electrons. The number of carbonyl (C=O) groups excluding carboxylic acids is 2. The zero-order valence-corrected chi connectivity index (χ0v) is 12.3. The smallest absolute Gasteiger partial charge is 0.220 e. The SMILES string of the molecule is Cc1cc(C(=O)C(C)Cl)c(C)n1CC1CCC(=O)N1. The number of hydrogen-bond acceptors (Lipinski definition) is 2. The summed E-state index contributed by atoms with van der Waals surface area (Å²) in [5.74, 6) is 0.0645. The second kappa shape index (κ2) is 5.37. The molecule has 1 N–H and O–H groups in total.